The number of hydrogen-bond donors (Lipinski definition) is 2. The molecule has 1 amide bonds. The number of rotatable bonds is 5. The molecule has 0 bridgehead atoms. The van der Waals surface area contributed by atoms with Crippen molar-refractivity contribution in [1.29, 1.82) is 0 Å². The van der Waals surface area contributed by atoms with E-state index in [9.17, 15) is 13.6 Å². The Morgan fingerprint density at radius 1 is 1.24 bits per heavy atom. The van der Waals surface area contributed by atoms with E-state index in [2.05, 4.69) is 20.6 Å². The first-order valence-corrected chi connectivity index (χ1v) is 6.43. The average Bonchev–Trinajstić information content (AvgIpc) is 2.49. The van der Waals surface area contributed by atoms with Gasteiger partial charge in [0.15, 0.2) is 11.6 Å². The first kappa shape index (κ1) is 14.8. The third-order valence-corrected chi connectivity index (χ3v) is 2.60. The molecule has 21 heavy (non-hydrogen) atoms. The van der Waals surface area contributed by atoms with Crippen LogP contribution in [-0.2, 0) is 0 Å². The molecule has 0 aliphatic carbocycles. The Hall–Kier alpha value is -2.57. The molecule has 7 heteroatoms. The van der Waals surface area contributed by atoms with Crippen molar-refractivity contribution in [3.63, 3.8) is 0 Å². The molecule has 2 rings (SSSR count). The van der Waals surface area contributed by atoms with E-state index in [1.165, 1.54) is 18.3 Å². The summed E-state index contributed by atoms with van der Waals surface area (Å²) in [5.41, 5.74) is 0.489. The lowest BCUT2D eigenvalue weighted by Crippen LogP contribution is -2.25. The Labute approximate surface area is 120 Å². The van der Waals surface area contributed by atoms with Crippen molar-refractivity contribution in [2.24, 2.45) is 0 Å². The Morgan fingerprint density at radius 3 is 2.76 bits per heavy atom. The monoisotopic (exact) mass is 292 g/mol. The molecule has 110 valence electrons. The highest BCUT2D eigenvalue weighted by atomic mass is 19.2. The lowest BCUT2D eigenvalue weighted by atomic mass is 10.3. The van der Waals surface area contributed by atoms with E-state index in [1.54, 1.807) is 0 Å². The van der Waals surface area contributed by atoms with Gasteiger partial charge in [0.05, 0.1) is 0 Å². The van der Waals surface area contributed by atoms with Crippen molar-refractivity contribution in [1.82, 2.24) is 15.3 Å². The number of anilines is 2. The van der Waals surface area contributed by atoms with Gasteiger partial charge in [-0.25, -0.2) is 18.7 Å². The Bertz CT molecular complexity index is 649. The summed E-state index contributed by atoms with van der Waals surface area (Å²) in [7, 11) is 0. The predicted octanol–water partition coefficient (Wildman–Crippen LogP) is 2.64. The Balaban J connectivity index is 2.13. The fourth-order valence-electron chi connectivity index (χ4n) is 1.58. The number of carbonyl (C=O) groups is 1. The van der Waals surface area contributed by atoms with Gasteiger partial charge < -0.3 is 10.6 Å². The van der Waals surface area contributed by atoms with Gasteiger partial charge in [0, 0.05) is 24.5 Å². The topological polar surface area (TPSA) is 66.9 Å². The number of hydrogen-bond acceptors (Lipinski definition) is 4. The second-order valence-electron chi connectivity index (χ2n) is 4.28. The van der Waals surface area contributed by atoms with Crippen molar-refractivity contribution in [2.45, 2.75) is 13.3 Å². The molecular formula is C14H14F2N4O. The van der Waals surface area contributed by atoms with E-state index in [4.69, 9.17) is 0 Å². The summed E-state index contributed by atoms with van der Waals surface area (Å²) in [5, 5.41) is 5.40. The molecule has 0 unspecified atom stereocenters. The predicted molar refractivity (Wildman–Crippen MR) is 74.3 cm³/mol. The van der Waals surface area contributed by atoms with Crippen LogP contribution in [0.3, 0.4) is 0 Å². The first-order chi connectivity index (χ1) is 10.1. The van der Waals surface area contributed by atoms with Crippen molar-refractivity contribution in [3.05, 3.63) is 47.8 Å². The van der Waals surface area contributed by atoms with Crippen molar-refractivity contribution in [2.75, 3.05) is 11.9 Å². The molecule has 1 heterocycles. The normalized spacial score (nSPS) is 10.2. The maximum absolute atomic E-state index is 13.1. The van der Waals surface area contributed by atoms with Crippen LogP contribution in [0, 0.1) is 11.6 Å². The van der Waals surface area contributed by atoms with Gasteiger partial charge in [0.1, 0.15) is 5.69 Å². The van der Waals surface area contributed by atoms with E-state index in [-0.39, 0.29) is 17.5 Å². The number of carbonyl (C=O) groups excluding carboxylic acids is 1. The summed E-state index contributed by atoms with van der Waals surface area (Å²) in [6.07, 6.45) is 2.23. The smallest absolute Gasteiger partial charge is 0.270 e. The Morgan fingerprint density at radius 2 is 2.05 bits per heavy atom. The van der Waals surface area contributed by atoms with Crippen LogP contribution < -0.4 is 10.6 Å². The van der Waals surface area contributed by atoms with E-state index >= 15 is 0 Å². The van der Waals surface area contributed by atoms with E-state index in [0.717, 1.165) is 18.6 Å². The fraction of sp³-hybridized carbons (Fsp3) is 0.214. The standard InChI is InChI=1S/C14H14F2N4O/c1-2-6-17-13(21)12-5-7-18-14(20-12)19-9-3-4-10(15)11(16)8-9/h3-5,7-8H,2,6H2,1H3,(H,17,21)(H,18,19,20). The number of amides is 1. The molecule has 0 fully saturated rings. The minimum atomic E-state index is -0.975. The van der Waals surface area contributed by atoms with Crippen molar-refractivity contribution in [3.8, 4) is 0 Å². The quantitative estimate of drug-likeness (QED) is 0.889. The molecule has 2 N–H and O–H groups in total. The molecule has 0 radical (unpaired) electrons. The number of nitrogens with one attached hydrogen (secondary N) is 2. The molecule has 0 spiro atoms. The number of nitrogens with zero attached hydrogens (tertiary/aromatic N) is 2. The average molecular weight is 292 g/mol. The first-order valence-electron chi connectivity index (χ1n) is 6.43. The SMILES string of the molecule is CCCNC(=O)c1ccnc(Nc2ccc(F)c(F)c2)n1. The molecule has 0 saturated carbocycles. The summed E-state index contributed by atoms with van der Waals surface area (Å²) < 4.78 is 25.9. The maximum Gasteiger partial charge on any atom is 0.270 e. The van der Waals surface area contributed by atoms with Gasteiger partial charge in [0.25, 0.3) is 5.91 Å². The third-order valence-electron chi connectivity index (χ3n) is 2.60. The Kier molecular flexibility index (Phi) is 4.76. The van der Waals surface area contributed by atoms with Gasteiger partial charge in [-0.3, -0.25) is 4.79 Å². The lowest BCUT2D eigenvalue weighted by Gasteiger charge is -2.07. The molecule has 0 atom stereocenters. The largest absolute Gasteiger partial charge is 0.351 e. The third kappa shape index (κ3) is 3.95. The summed E-state index contributed by atoms with van der Waals surface area (Å²) >= 11 is 0. The summed E-state index contributed by atoms with van der Waals surface area (Å²) in [6.45, 7) is 2.49. The van der Waals surface area contributed by atoms with Crippen LogP contribution in [0.4, 0.5) is 20.4 Å². The highest BCUT2D eigenvalue weighted by molar-refractivity contribution is 5.92. The van der Waals surface area contributed by atoms with Gasteiger partial charge in [0.2, 0.25) is 5.95 Å². The molecule has 1 aromatic carbocycles. The van der Waals surface area contributed by atoms with Crippen LogP contribution in [0.1, 0.15) is 23.8 Å². The number of halogens is 2. The van der Waals surface area contributed by atoms with Crippen LogP contribution in [-0.4, -0.2) is 22.4 Å². The molecule has 2 aromatic rings. The fourth-order valence-corrected chi connectivity index (χ4v) is 1.58. The second kappa shape index (κ2) is 6.74. The highest BCUT2D eigenvalue weighted by Gasteiger charge is 2.09. The zero-order chi connectivity index (χ0) is 15.2. The van der Waals surface area contributed by atoms with Crippen LogP contribution in [0.5, 0.6) is 0 Å². The molecule has 1 aromatic heterocycles. The second-order valence-corrected chi connectivity index (χ2v) is 4.28. The molecule has 5 nitrogen and oxygen atoms in total. The van der Waals surface area contributed by atoms with Crippen molar-refractivity contribution >= 4 is 17.5 Å². The van der Waals surface area contributed by atoms with E-state index < -0.39 is 11.6 Å². The summed E-state index contributed by atoms with van der Waals surface area (Å²) in [5.74, 6) is -2.09. The summed E-state index contributed by atoms with van der Waals surface area (Å²) in [6, 6.07) is 4.81. The minimum Gasteiger partial charge on any atom is -0.351 e. The number of aromatic nitrogens is 2. The zero-order valence-electron chi connectivity index (χ0n) is 11.4. The van der Waals surface area contributed by atoms with Crippen LogP contribution in [0.2, 0.25) is 0 Å². The van der Waals surface area contributed by atoms with Gasteiger partial charge in [-0.05, 0) is 24.6 Å². The van der Waals surface area contributed by atoms with Crippen LogP contribution in [0.15, 0.2) is 30.5 Å². The molecular weight excluding hydrogens is 278 g/mol. The lowest BCUT2D eigenvalue weighted by molar-refractivity contribution is 0.0948. The maximum atomic E-state index is 13.1. The number of benzene rings is 1. The van der Waals surface area contributed by atoms with Gasteiger partial charge in [-0.1, -0.05) is 6.92 Å². The van der Waals surface area contributed by atoms with E-state index in [0.29, 0.717) is 12.2 Å². The minimum absolute atomic E-state index is 0.130. The van der Waals surface area contributed by atoms with Gasteiger partial charge in [-0.15, -0.1) is 0 Å². The van der Waals surface area contributed by atoms with Gasteiger partial charge in [-0.2, -0.15) is 0 Å². The van der Waals surface area contributed by atoms with Crippen molar-refractivity contribution < 1.29 is 13.6 Å². The molecule has 0 aliphatic heterocycles. The van der Waals surface area contributed by atoms with Crippen LogP contribution >= 0.6 is 0 Å². The van der Waals surface area contributed by atoms with Gasteiger partial charge >= 0.3 is 0 Å². The van der Waals surface area contributed by atoms with E-state index in [1.807, 2.05) is 6.92 Å². The molecule has 0 saturated heterocycles. The highest BCUT2D eigenvalue weighted by Crippen LogP contribution is 2.16. The zero-order valence-corrected chi connectivity index (χ0v) is 11.4. The van der Waals surface area contributed by atoms with Crippen LogP contribution in [0.25, 0.3) is 0 Å². The summed E-state index contributed by atoms with van der Waals surface area (Å²) in [4.78, 5) is 19.7. The molecule has 0 aliphatic rings.